The predicted molar refractivity (Wildman–Crippen MR) is 77.5 cm³/mol. The second kappa shape index (κ2) is 5.15. The van der Waals surface area contributed by atoms with Crippen LogP contribution in [0.3, 0.4) is 0 Å². The second-order valence-corrected chi connectivity index (χ2v) is 7.74. The molecule has 104 valence electrons. The summed E-state index contributed by atoms with van der Waals surface area (Å²) < 4.78 is 0. The average molecular weight is 249 g/mol. The van der Waals surface area contributed by atoms with E-state index < -0.39 is 0 Å². The fourth-order valence-corrected chi connectivity index (χ4v) is 4.94. The Balaban J connectivity index is 1.56. The zero-order valence-electron chi connectivity index (χ0n) is 12.4. The lowest BCUT2D eigenvalue weighted by atomic mass is 9.72. The van der Waals surface area contributed by atoms with Crippen LogP contribution in [-0.4, -0.2) is 13.1 Å². The molecule has 0 radical (unpaired) electrons. The summed E-state index contributed by atoms with van der Waals surface area (Å²) in [6.45, 7) is 7.34. The van der Waals surface area contributed by atoms with Crippen LogP contribution in [0.5, 0.6) is 0 Å². The average Bonchev–Trinajstić information content (AvgIpc) is 3.03. The Bertz CT molecular complexity index is 283. The highest BCUT2D eigenvalue weighted by Crippen LogP contribution is 2.56. The third-order valence-electron chi connectivity index (χ3n) is 6.13. The topological polar surface area (TPSA) is 12.0 Å². The minimum absolute atomic E-state index is 0.615. The van der Waals surface area contributed by atoms with Crippen molar-refractivity contribution in [3.8, 4) is 0 Å². The van der Waals surface area contributed by atoms with Gasteiger partial charge >= 0.3 is 0 Å². The Labute approximate surface area is 113 Å². The lowest BCUT2D eigenvalue weighted by Crippen LogP contribution is -2.36. The number of fused-ring (bicyclic) bond motifs is 2. The van der Waals surface area contributed by atoms with Crippen LogP contribution < -0.4 is 5.32 Å². The van der Waals surface area contributed by atoms with Crippen molar-refractivity contribution >= 4 is 0 Å². The minimum Gasteiger partial charge on any atom is -0.316 e. The quantitative estimate of drug-likeness (QED) is 0.666. The number of hydrogen-bond acceptors (Lipinski definition) is 1. The molecule has 4 atom stereocenters. The van der Waals surface area contributed by atoms with Crippen molar-refractivity contribution in [1.82, 2.24) is 5.32 Å². The van der Waals surface area contributed by atoms with Gasteiger partial charge in [0, 0.05) is 6.54 Å². The molecule has 1 nitrogen and oxygen atoms in total. The maximum absolute atomic E-state index is 3.72. The summed E-state index contributed by atoms with van der Waals surface area (Å²) >= 11 is 0. The van der Waals surface area contributed by atoms with Gasteiger partial charge in [-0.3, -0.25) is 0 Å². The summed E-state index contributed by atoms with van der Waals surface area (Å²) in [5.74, 6) is 4.35. The monoisotopic (exact) mass is 249 g/mol. The van der Waals surface area contributed by atoms with E-state index in [1.807, 2.05) is 0 Å². The molecule has 1 heteroatoms. The summed E-state index contributed by atoms with van der Waals surface area (Å²) in [6, 6.07) is 0. The van der Waals surface area contributed by atoms with Gasteiger partial charge in [0.15, 0.2) is 0 Å². The Kier molecular flexibility index (Phi) is 3.71. The third-order valence-corrected chi connectivity index (χ3v) is 6.13. The normalized spacial score (nSPS) is 38.0. The summed E-state index contributed by atoms with van der Waals surface area (Å²) in [6.07, 6.45) is 12.1. The van der Waals surface area contributed by atoms with E-state index >= 15 is 0 Å². The summed E-state index contributed by atoms with van der Waals surface area (Å²) in [5.41, 5.74) is 0.615. The van der Waals surface area contributed by atoms with Crippen LogP contribution in [0.4, 0.5) is 0 Å². The van der Waals surface area contributed by atoms with Gasteiger partial charge in [0.25, 0.3) is 0 Å². The van der Waals surface area contributed by atoms with E-state index in [0.717, 1.165) is 23.7 Å². The van der Waals surface area contributed by atoms with E-state index in [1.165, 1.54) is 38.8 Å². The molecule has 0 saturated heterocycles. The highest BCUT2D eigenvalue weighted by molar-refractivity contribution is 4.98. The van der Waals surface area contributed by atoms with Crippen LogP contribution in [0, 0.1) is 29.1 Å². The maximum atomic E-state index is 3.72. The predicted octanol–water partition coefficient (Wildman–Crippen LogP) is 4.23. The molecule has 1 N–H and O–H groups in total. The molecule has 3 aliphatic carbocycles. The molecule has 3 rings (SSSR count). The van der Waals surface area contributed by atoms with Gasteiger partial charge in [-0.15, -0.1) is 0 Å². The smallest absolute Gasteiger partial charge is 0.000792 e. The molecule has 0 spiro atoms. The van der Waals surface area contributed by atoms with Crippen LogP contribution >= 0.6 is 0 Å². The van der Waals surface area contributed by atoms with Gasteiger partial charge in [0.2, 0.25) is 0 Å². The van der Waals surface area contributed by atoms with Gasteiger partial charge in [0.05, 0.1) is 0 Å². The summed E-state index contributed by atoms with van der Waals surface area (Å²) in [7, 11) is 0. The van der Waals surface area contributed by atoms with Crippen molar-refractivity contribution in [2.45, 2.75) is 65.2 Å². The first-order valence-electron chi connectivity index (χ1n) is 8.42. The van der Waals surface area contributed by atoms with Crippen molar-refractivity contribution in [2.24, 2.45) is 29.1 Å². The first kappa shape index (κ1) is 13.0. The van der Waals surface area contributed by atoms with Gasteiger partial charge < -0.3 is 5.32 Å². The van der Waals surface area contributed by atoms with E-state index in [2.05, 4.69) is 19.2 Å². The second-order valence-electron chi connectivity index (χ2n) is 7.74. The van der Waals surface area contributed by atoms with Gasteiger partial charge in [-0.1, -0.05) is 20.3 Å². The summed E-state index contributed by atoms with van der Waals surface area (Å²) in [5, 5.41) is 3.72. The van der Waals surface area contributed by atoms with Crippen LogP contribution in [0.1, 0.15) is 65.2 Å². The van der Waals surface area contributed by atoms with Crippen LogP contribution in [0.2, 0.25) is 0 Å². The Morgan fingerprint density at radius 1 is 1.11 bits per heavy atom. The Morgan fingerprint density at radius 2 is 1.94 bits per heavy atom. The van der Waals surface area contributed by atoms with E-state index in [-0.39, 0.29) is 0 Å². The van der Waals surface area contributed by atoms with E-state index in [0.29, 0.717) is 5.41 Å². The molecule has 0 aromatic heterocycles. The van der Waals surface area contributed by atoms with Gasteiger partial charge in [-0.05, 0) is 80.6 Å². The zero-order chi connectivity index (χ0) is 12.6. The largest absolute Gasteiger partial charge is 0.316 e. The number of rotatable bonds is 7. The molecule has 18 heavy (non-hydrogen) atoms. The van der Waals surface area contributed by atoms with Gasteiger partial charge in [-0.2, -0.15) is 0 Å². The molecule has 2 bridgehead atoms. The first-order valence-corrected chi connectivity index (χ1v) is 8.42. The number of nitrogens with one attached hydrogen (secondary N) is 1. The molecule has 3 aliphatic rings. The zero-order valence-corrected chi connectivity index (χ0v) is 12.4. The lowest BCUT2D eigenvalue weighted by Gasteiger charge is -2.36. The minimum atomic E-state index is 0.615. The first-order chi connectivity index (χ1) is 8.71. The number of hydrogen-bond donors (Lipinski definition) is 1. The molecule has 3 fully saturated rings. The standard InChI is InChI=1S/C17H31N/c1-3-8-18-12-17(2,16-6-7-16)11-15-10-13-4-5-14(15)9-13/h13-16,18H,3-12H2,1-2H3. The van der Waals surface area contributed by atoms with Gasteiger partial charge in [0.1, 0.15) is 0 Å². The Hall–Kier alpha value is -0.0400. The SMILES string of the molecule is CCCNCC(C)(CC1CC2CCC1C2)C1CC1. The molecule has 0 heterocycles. The van der Waals surface area contributed by atoms with Crippen molar-refractivity contribution in [3.63, 3.8) is 0 Å². The lowest BCUT2D eigenvalue weighted by molar-refractivity contribution is 0.159. The van der Waals surface area contributed by atoms with Crippen molar-refractivity contribution in [2.75, 3.05) is 13.1 Å². The van der Waals surface area contributed by atoms with Crippen LogP contribution in [0.15, 0.2) is 0 Å². The molecular formula is C17H31N. The molecule has 0 aromatic rings. The molecule has 0 aliphatic heterocycles. The van der Waals surface area contributed by atoms with Crippen molar-refractivity contribution < 1.29 is 0 Å². The van der Waals surface area contributed by atoms with Crippen molar-refractivity contribution in [3.05, 3.63) is 0 Å². The van der Waals surface area contributed by atoms with Gasteiger partial charge in [-0.25, -0.2) is 0 Å². The molecule has 0 amide bonds. The van der Waals surface area contributed by atoms with E-state index in [1.54, 1.807) is 25.7 Å². The maximum Gasteiger partial charge on any atom is 0.000792 e. The molecule has 0 aromatic carbocycles. The third kappa shape index (κ3) is 2.61. The highest BCUT2D eigenvalue weighted by atomic mass is 14.9. The highest BCUT2D eigenvalue weighted by Gasteiger charge is 2.47. The van der Waals surface area contributed by atoms with E-state index in [4.69, 9.17) is 0 Å². The fourth-order valence-electron chi connectivity index (χ4n) is 4.94. The fraction of sp³-hybridized carbons (Fsp3) is 1.00. The summed E-state index contributed by atoms with van der Waals surface area (Å²) in [4.78, 5) is 0. The van der Waals surface area contributed by atoms with Crippen LogP contribution in [-0.2, 0) is 0 Å². The van der Waals surface area contributed by atoms with E-state index in [9.17, 15) is 0 Å². The molecular weight excluding hydrogens is 218 g/mol. The van der Waals surface area contributed by atoms with Crippen LogP contribution in [0.25, 0.3) is 0 Å². The Morgan fingerprint density at radius 3 is 2.50 bits per heavy atom. The van der Waals surface area contributed by atoms with Crippen molar-refractivity contribution in [1.29, 1.82) is 0 Å². The molecule has 3 saturated carbocycles. The molecule has 4 unspecified atom stereocenters.